The lowest BCUT2D eigenvalue weighted by atomic mass is 10.0. The lowest BCUT2D eigenvalue weighted by Gasteiger charge is -2.11. The quantitative estimate of drug-likeness (QED) is 0.0799. The van der Waals surface area contributed by atoms with Crippen molar-refractivity contribution < 1.29 is 43.9 Å². The van der Waals surface area contributed by atoms with Crippen LogP contribution in [0, 0.1) is 65.3 Å². The van der Waals surface area contributed by atoms with Gasteiger partial charge >= 0.3 is 0 Å². The van der Waals surface area contributed by atoms with Gasteiger partial charge < -0.3 is 9.97 Å². The summed E-state index contributed by atoms with van der Waals surface area (Å²) in [5.74, 6) is -22.8. The van der Waals surface area contributed by atoms with Gasteiger partial charge in [-0.05, 0) is 129 Å². The van der Waals surface area contributed by atoms with Crippen LogP contribution in [0.3, 0.4) is 0 Å². The number of halogens is 12. The van der Waals surface area contributed by atoms with Gasteiger partial charge in [0.15, 0.2) is 46.5 Å². The Balaban J connectivity index is 1.53. The summed E-state index contributed by atoms with van der Waals surface area (Å²) in [5.41, 5.74) is -2.16. The Hall–Kier alpha value is -5.76. The van der Waals surface area contributed by atoms with E-state index in [-0.39, 0.29) is 22.8 Å². The molecule has 60 heavy (non-hydrogen) atoms. The smallest absolute Gasteiger partial charge is 0.200 e. The molecule has 9 rings (SSSR count). The van der Waals surface area contributed by atoms with E-state index < -0.39 is 91.5 Å². The van der Waals surface area contributed by atoms with Crippen molar-refractivity contribution in [2.75, 3.05) is 0 Å². The molecular formula is C44H18F10I2N4. The van der Waals surface area contributed by atoms with Crippen LogP contribution in [0.4, 0.5) is 43.9 Å². The van der Waals surface area contributed by atoms with Crippen LogP contribution >= 0.6 is 45.2 Å². The van der Waals surface area contributed by atoms with Crippen LogP contribution in [0.1, 0.15) is 22.8 Å². The first-order chi connectivity index (χ1) is 28.7. The molecule has 0 aliphatic carbocycles. The second-order valence-corrected chi connectivity index (χ2v) is 15.9. The summed E-state index contributed by atoms with van der Waals surface area (Å²) < 4.78 is 154. The predicted octanol–water partition coefficient (Wildman–Crippen LogP) is 13.9. The Labute approximate surface area is 358 Å². The van der Waals surface area contributed by atoms with E-state index in [2.05, 4.69) is 65.1 Å². The number of fused-ring (bicyclic) bond motifs is 8. The Morgan fingerprint density at radius 2 is 0.550 bits per heavy atom. The highest BCUT2D eigenvalue weighted by Crippen LogP contribution is 2.42. The molecule has 8 bridgehead atoms. The zero-order chi connectivity index (χ0) is 42.3. The largest absolute Gasteiger partial charge is 0.354 e. The lowest BCUT2D eigenvalue weighted by molar-refractivity contribution is 0.381. The van der Waals surface area contributed by atoms with E-state index in [1.165, 1.54) is 24.3 Å². The molecule has 2 N–H and O–H groups in total. The van der Waals surface area contributed by atoms with Crippen molar-refractivity contribution in [3.8, 4) is 44.5 Å². The molecule has 0 saturated carbocycles. The summed E-state index contributed by atoms with van der Waals surface area (Å²) in [6.07, 6.45) is 5.50. The van der Waals surface area contributed by atoms with E-state index in [0.29, 0.717) is 33.3 Å². The van der Waals surface area contributed by atoms with Gasteiger partial charge in [-0.3, -0.25) is 0 Å². The van der Waals surface area contributed by atoms with Crippen LogP contribution in [0.5, 0.6) is 0 Å². The van der Waals surface area contributed by atoms with E-state index in [0.717, 1.165) is 19.3 Å². The number of benzene rings is 4. The molecule has 2 aliphatic heterocycles. The lowest BCUT2D eigenvalue weighted by Crippen LogP contribution is -2.05. The zero-order valence-electron chi connectivity index (χ0n) is 29.7. The van der Waals surface area contributed by atoms with Crippen molar-refractivity contribution in [3.05, 3.63) is 161 Å². The first-order valence-electron chi connectivity index (χ1n) is 17.4. The highest BCUT2D eigenvalue weighted by atomic mass is 127. The molecule has 298 valence electrons. The van der Waals surface area contributed by atoms with Crippen molar-refractivity contribution in [2.45, 2.75) is 0 Å². The van der Waals surface area contributed by atoms with Gasteiger partial charge in [-0.25, -0.2) is 53.9 Å². The normalized spacial score (nSPS) is 12.2. The van der Waals surface area contributed by atoms with Crippen LogP contribution in [0.15, 0.2) is 72.8 Å². The number of hydrogen-bond acceptors (Lipinski definition) is 2. The van der Waals surface area contributed by atoms with Gasteiger partial charge in [0.1, 0.15) is 0 Å². The molecule has 0 spiro atoms. The molecule has 0 amide bonds. The summed E-state index contributed by atoms with van der Waals surface area (Å²) in [7, 11) is 0. The van der Waals surface area contributed by atoms with Crippen LogP contribution in [0.25, 0.3) is 90.9 Å². The van der Waals surface area contributed by atoms with Gasteiger partial charge in [-0.15, -0.1) is 0 Å². The van der Waals surface area contributed by atoms with E-state index >= 15 is 17.6 Å². The number of hydrogen-bond donors (Lipinski definition) is 2. The number of nitrogens with zero attached hydrogens (tertiary/aromatic N) is 2. The van der Waals surface area contributed by atoms with Crippen molar-refractivity contribution in [1.29, 1.82) is 0 Å². The minimum Gasteiger partial charge on any atom is -0.354 e. The predicted molar refractivity (Wildman–Crippen MR) is 226 cm³/mol. The second kappa shape index (κ2) is 15.1. The molecule has 0 fully saturated rings. The maximum Gasteiger partial charge on any atom is 0.200 e. The number of aromatic amines is 2. The van der Waals surface area contributed by atoms with Gasteiger partial charge in [-0.1, -0.05) is 24.3 Å². The fourth-order valence-corrected chi connectivity index (χ4v) is 7.94. The van der Waals surface area contributed by atoms with Crippen LogP contribution in [-0.2, 0) is 0 Å². The summed E-state index contributed by atoms with van der Waals surface area (Å²) in [5, 5.41) is 0. The van der Waals surface area contributed by atoms with E-state index in [4.69, 9.17) is 0 Å². The second-order valence-electron chi connectivity index (χ2n) is 13.4. The molecule has 7 aromatic rings. The maximum absolute atomic E-state index is 15.8. The molecule has 0 atom stereocenters. The number of nitrogens with one attached hydrogen (secondary N) is 2. The third-order valence-corrected chi connectivity index (χ3v) is 11.4. The highest BCUT2D eigenvalue weighted by Gasteiger charge is 2.32. The molecule has 3 aromatic heterocycles. The number of H-pyrrole nitrogens is 2. The molecule has 4 nitrogen and oxygen atoms in total. The molecule has 4 aromatic carbocycles. The van der Waals surface area contributed by atoms with Crippen LogP contribution in [-0.4, -0.2) is 19.9 Å². The first-order valence-corrected chi connectivity index (χ1v) is 19.6. The Kier molecular flexibility index (Phi) is 9.96. The zero-order valence-corrected chi connectivity index (χ0v) is 34.0. The number of aromatic nitrogens is 4. The number of rotatable bonds is 4. The fraction of sp³-hybridized carbons (Fsp3) is 0. The highest BCUT2D eigenvalue weighted by molar-refractivity contribution is 14.1. The van der Waals surface area contributed by atoms with Gasteiger partial charge in [0.05, 0.1) is 33.9 Å². The molecule has 2 aliphatic rings. The first kappa shape index (κ1) is 39.7. The standard InChI is InChI=1S/C44H18F10I2N4/c45-35-33(36(46)40(50)43(53)39(35)49)31-25-13-11-23(58-25)29(17-1-5-19(55)6-2-17)21-9-10-22(57-21)30(18-3-7-20(56)8-4-18)24-12-14-26(59-24)32(28-16-15-27(31)60-28)34-37(47)41(51)44(54)42(52)38(34)48/h1-16,57,60H. The van der Waals surface area contributed by atoms with Gasteiger partial charge in [0, 0.05) is 51.5 Å². The Bertz CT molecular complexity index is 2960. The van der Waals surface area contributed by atoms with Gasteiger partial charge in [-0.2, -0.15) is 0 Å². The minimum absolute atomic E-state index is 0.193. The van der Waals surface area contributed by atoms with E-state index in [1.54, 1.807) is 12.1 Å². The summed E-state index contributed by atoms with van der Waals surface area (Å²) in [6, 6.07) is 20.2. The summed E-state index contributed by atoms with van der Waals surface area (Å²) in [4.78, 5) is 15.4. The fourth-order valence-electron chi connectivity index (χ4n) is 7.22. The summed E-state index contributed by atoms with van der Waals surface area (Å²) in [6.45, 7) is 0. The maximum atomic E-state index is 15.8. The van der Waals surface area contributed by atoms with Crippen molar-refractivity contribution >= 4 is 91.6 Å². The SMILES string of the molecule is Fc1c(F)c(F)c(-c2c3nc(c(-c4ccc(I)cc4)c4ccc([nH]4)c(-c4ccc(I)cc4)c4nc(c(-c5c(F)c(F)c(F)c(F)c5F)c5ccc2[nH]5)C=C4)C=C3)c(F)c1F. The molecule has 0 saturated heterocycles. The van der Waals surface area contributed by atoms with Crippen molar-refractivity contribution in [1.82, 2.24) is 19.9 Å². The molecule has 16 heteroatoms. The average molecular weight is 1050 g/mol. The summed E-state index contributed by atoms with van der Waals surface area (Å²) >= 11 is 4.26. The minimum atomic E-state index is -2.43. The topological polar surface area (TPSA) is 57.4 Å². The monoisotopic (exact) mass is 1050 g/mol. The molecule has 0 unspecified atom stereocenters. The van der Waals surface area contributed by atoms with Crippen molar-refractivity contribution in [3.63, 3.8) is 0 Å². The molecule has 5 heterocycles. The average Bonchev–Trinajstić information content (AvgIpc) is 4.09. The van der Waals surface area contributed by atoms with Crippen LogP contribution in [0.2, 0.25) is 0 Å². The van der Waals surface area contributed by atoms with E-state index in [9.17, 15) is 26.3 Å². The Morgan fingerprint density at radius 3 is 0.850 bits per heavy atom. The third-order valence-electron chi connectivity index (χ3n) is 9.94. The van der Waals surface area contributed by atoms with Crippen molar-refractivity contribution in [2.24, 2.45) is 0 Å². The van der Waals surface area contributed by atoms with Crippen LogP contribution < -0.4 is 0 Å². The van der Waals surface area contributed by atoms with Gasteiger partial charge in [0.25, 0.3) is 0 Å². The van der Waals surface area contributed by atoms with E-state index in [1.807, 2.05) is 48.5 Å². The van der Waals surface area contributed by atoms with Gasteiger partial charge in [0.2, 0.25) is 11.6 Å². The molecule has 0 radical (unpaired) electrons. The Morgan fingerprint density at radius 1 is 0.300 bits per heavy atom. The molecular weight excluding hydrogens is 1030 g/mol. The third kappa shape index (κ3) is 6.41.